The summed E-state index contributed by atoms with van der Waals surface area (Å²) in [6.07, 6.45) is 4.66. The Labute approximate surface area is 102 Å². The number of aromatic nitrogens is 1. The molecule has 0 saturated heterocycles. The summed E-state index contributed by atoms with van der Waals surface area (Å²) in [5.74, 6) is 0. The lowest BCUT2D eigenvalue weighted by atomic mass is 10.2. The Bertz CT molecular complexity index is 276. The van der Waals surface area contributed by atoms with Crippen molar-refractivity contribution in [1.29, 1.82) is 0 Å². The van der Waals surface area contributed by atoms with Gasteiger partial charge in [-0.2, -0.15) is 0 Å². The predicted molar refractivity (Wildman–Crippen MR) is 68.9 cm³/mol. The number of nitrogens with zero attached hydrogens (tertiary/aromatic N) is 1. The average Bonchev–Trinajstić information content (AvgIpc) is 2.76. The molecule has 0 fully saturated rings. The number of hydrogen-bond acceptors (Lipinski definition) is 4. The molecule has 0 saturated carbocycles. The van der Waals surface area contributed by atoms with Crippen LogP contribution in [0.15, 0.2) is 5.38 Å². The maximum absolute atomic E-state index is 5.00. The Morgan fingerprint density at radius 1 is 1.38 bits per heavy atom. The summed E-state index contributed by atoms with van der Waals surface area (Å²) in [6.45, 7) is 5.00. The number of hydrogen-bond donors (Lipinski definition) is 1. The molecule has 0 atom stereocenters. The minimum Gasteiger partial charge on any atom is -0.385 e. The van der Waals surface area contributed by atoms with Gasteiger partial charge in [-0.15, -0.1) is 11.3 Å². The molecule has 1 rings (SSSR count). The van der Waals surface area contributed by atoms with Crippen LogP contribution in [0, 0.1) is 0 Å². The quantitative estimate of drug-likeness (QED) is 0.676. The van der Waals surface area contributed by atoms with Gasteiger partial charge < -0.3 is 10.1 Å². The first kappa shape index (κ1) is 13.6. The fraction of sp³-hybridized carbons (Fsp3) is 0.750. The highest BCUT2D eigenvalue weighted by Crippen LogP contribution is 2.09. The SMILES string of the molecule is CCc1nc(CNCCCCCOC)cs1. The van der Waals surface area contributed by atoms with Gasteiger partial charge in [-0.3, -0.25) is 0 Å². The van der Waals surface area contributed by atoms with Gasteiger partial charge in [0.1, 0.15) is 0 Å². The Morgan fingerprint density at radius 3 is 2.94 bits per heavy atom. The molecule has 1 N–H and O–H groups in total. The van der Waals surface area contributed by atoms with E-state index < -0.39 is 0 Å². The molecule has 0 radical (unpaired) electrons. The second-order valence-corrected chi connectivity index (χ2v) is 4.76. The van der Waals surface area contributed by atoms with Crippen LogP contribution in [0.1, 0.15) is 36.9 Å². The number of unbranched alkanes of at least 4 members (excludes halogenated alkanes) is 2. The van der Waals surface area contributed by atoms with E-state index in [1.54, 1.807) is 18.4 Å². The van der Waals surface area contributed by atoms with E-state index in [1.165, 1.54) is 23.5 Å². The second kappa shape index (κ2) is 8.67. The molecular formula is C12H22N2OS. The summed E-state index contributed by atoms with van der Waals surface area (Å²) in [5, 5.41) is 6.80. The lowest BCUT2D eigenvalue weighted by Crippen LogP contribution is -2.15. The molecule has 1 heterocycles. The third-order valence-electron chi connectivity index (χ3n) is 2.41. The zero-order valence-electron chi connectivity index (χ0n) is 10.3. The van der Waals surface area contributed by atoms with E-state index in [9.17, 15) is 0 Å². The third kappa shape index (κ3) is 5.58. The highest BCUT2D eigenvalue weighted by Gasteiger charge is 1.98. The molecule has 92 valence electrons. The molecule has 0 amide bonds. The zero-order chi connectivity index (χ0) is 11.6. The van der Waals surface area contributed by atoms with Crippen molar-refractivity contribution in [2.75, 3.05) is 20.3 Å². The van der Waals surface area contributed by atoms with Gasteiger partial charge in [0, 0.05) is 25.6 Å². The first-order valence-electron chi connectivity index (χ1n) is 5.99. The minimum atomic E-state index is 0.881. The molecule has 16 heavy (non-hydrogen) atoms. The third-order valence-corrected chi connectivity index (χ3v) is 3.45. The van der Waals surface area contributed by atoms with Crippen LogP contribution in [-0.4, -0.2) is 25.2 Å². The van der Waals surface area contributed by atoms with Gasteiger partial charge in [-0.05, 0) is 32.2 Å². The summed E-state index contributed by atoms with van der Waals surface area (Å²) >= 11 is 1.76. The van der Waals surface area contributed by atoms with Crippen molar-refractivity contribution in [3.63, 3.8) is 0 Å². The highest BCUT2D eigenvalue weighted by atomic mass is 32.1. The molecule has 0 aromatic carbocycles. The van der Waals surface area contributed by atoms with Crippen LogP contribution in [0.3, 0.4) is 0 Å². The van der Waals surface area contributed by atoms with E-state index in [4.69, 9.17) is 4.74 Å². The van der Waals surface area contributed by atoms with Crippen molar-refractivity contribution in [2.24, 2.45) is 0 Å². The van der Waals surface area contributed by atoms with Crippen molar-refractivity contribution in [2.45, 2.75) is 39.2 Å². The maximum Gasteiger partial charge on any atom is 0.0926 e. The van der Waals surface area contributed by atoms with E-state index in [1.807, 2.05) is 0 Å². The summed E-state index contributed by atoms with van der Waals surface area (Å²) < 4.78 is 5.00. The summed E-state index contributed by atoms with van der Waals surface area (Å²) in [5.41, 5.74) is 1.18. The van der Waals surface area contributed by atoms with E-state index in [2.05, 4.69) is 22.6 Å². The van der Waals surface area contributed by atoms with Crippen LogP contribution in [0.5, 0.6) is 0 Å². The van der Waals surface area contributed by atoms with Gasteiger partial charge in [-0.25, -0.2) is 4.98 Å². The minimum absolute atomic E-state index is 0.881. The van der Waals surface area contributed by atoms with Crippen molar-refractivity contribution < 1.29 is 4.74 Å². The average molecular weight is 242 g/mol. The largest absolute Gasteiger partial charge is 0.385 e. The monoisotopic (exact) mass is 242 g/mol. The van der Waals surface area contributed by atoms with E-state index in [0.717, 1.165) is 32.5 Å². The van der Waals surface area contributed by atoms with Crippen LogP contribution in [0.2, 0.25) is 0 Å². The molecular weight excluding hydrogens is 220 g/mol. The Balaban J connectivity index is 1.98. The lowest BCUT2D eigenvalue weighted by Gasteiger charge is -2.02. The fourth-order valence-corrected chi connectivity index (χ4v) is 2.23. The van der Waals surface area contributed by atoms with Crippen LogP contribution < -0.4 is 5.32 Å². The van der Waals surface area contributed by atoms with Crippen LogP contribution in [0.4, 0.5) is 0 Å². The second-order valence-electron chi connectivity index (χ2n) is 3.82. The fourth-order valence-electron chi connectivity index (χ4n) is 1.48. The van der Waals surface area contributed by atoms with Gasteiger partial charge in [0.25, 0.3) is 0 Å². The number of aryl methyl sites for hydroxylation is 1. The molecule has 0 spiro atoms. The van der Waals surface area contributed by atoms with Gasteiger partial charge in [0.2, 0.25) is 0 Å². The number of ether oxygens (including phenoxy) is 1. The lowest BCUT2D eigenvalue weighted by molar-refractivity contribution is 0.192. The molecule has 4 heteroatoms. The normalized spacial score (nSPS) is 10.9. The molecule has 1 aromatic heterocycles. The molecule has 0 unspecified atom stereocenters. The van der Waals surface area contributed by atoms with E-state index >= 15 is 0 Å². The molecule has 3 nitrogen and oxygen atoms in total. The molecule has 1 aromatic rings. The van der Waals surface area contributed by atoms with Crippen LogP contribution in [-0.2, 0) is 17.7 Å². The van der Waals surface area contributed by atoms with Crippen LogP contribution in [0.25, 0.3) is 0 Å². The number of rotatable bonds is 9. The van der Waals surface area contributed by atoms with Crippen molar-refractivity contribution in [1.82, 2.24) is 10.3 Å². The van der Waals surface area contributed by atoms with Gasteiger partial charge in [-0.1, -0.05) is 6.92 Å². The van der Waals surface area contributed by atoms with Gasteiger partial charge >= 0.3 is 0 Å². The van der Waals surface area contributed by atoms with Gasteiger partial charge in [0.15, 0.2) is 0 Å². The summed E-state index contributed by atoms with van der Waals surface area (Å²) in [7, 11) is 1.76. The first-order valence-corrected chi connectivity index (χ1v) is 6.87. The number of nitrogens with one attached hydrogen (secondary N) is 1. The Kier molecular flexibility index (Phi) is 7.38. The molecule has 0 aliphatic rings. The highest BCUT2D eigenvalue weighted by molar-refractivity contribution is 7.09. The van der Waals surface area contributed by atoms with Crippen molar-refractivity contribution >= 4 is 11.3 Å². The topological polar surface area (TPSA) is 34.2 Å². The summed E-state index contributed by atoms with van der Waals surface area (Å²) in [6, 6.07) is 0. The predicted octanol–water partition coefficient (Wildman–Crippen LogP) is 2.61. The Morgan fingerprint density at radius 2 is 2.25 bits per heavy atom. The van der Waals surface area contributed by atoms with Crippen LogP contribution >= 0.6 is 11.3 Å². The molecule has 0 aliphatic carbocycles. The first-order chi connectivity index (χ1) is 7.86. The van der Waals surface area contributed by atoms with E-state index in [-0.39, 0.29) is 0 Å². The van der Waals surface area contributed by atoms with Crippen molar-refractivity contribution in [3.8, 4) is 0 Å². The maximum atomic E-state index is 5.00. The standard InChI is InChI=1S/C12H22N2OS/c1-3-12-14-11(10-16-12)9-13-7-5-4-6-8-15-2/h10,13H,3-9H2,1-2H3. The zero-order valence-corrected chi connectivity index (χ0v) is 11.1. The molecule has 0 aliphatic heterocycles. The number of thiazole rings is 1. The summed E-state index contributed by atoms with van der Waals surface area (Å²) in [4.78, 5) is 4.51. The van der Waals surface area contributed by atoms with Crippen molar-refractivity contribution in [3.05, 3.63) is 16.1 Å². The van der Waals surface area contributed by atoms with Gasteiger partial charge in [0.05, 0.1) is 10.7 Å². The molecule has 0 bridgehead atoms. The van der Waals surface area contributed by atoms with E-state index in [0.29, 0.717) is 0 Å². The number of methoxy groups -OCH3 is 1. The smallest absolute Gasteiger partial charge is 0.0926 e. The Hall–Kier alpha value is -0.450.